The van der Waals surface area contributed by atoms with Gasteiger partial charge in [-0.15, -0.1) is 5.10 Å². The van der Waals surface area contributed by atoms with E-state index in [4.69, 9.17) is 12.2 Å². The summed E-state index contributed by atoms with van der Waals surface area (Å²) in [6.45, 7) is 3.41. The van der Waals surface area contributed by atoms with Gasteiger partial charge < -0.3 is 0 Å². The van der Waals surface area contributed by atoms with E-state index in [1.807, 2.05) is 35.7 Å². The Balaban J connectivity index is 1.75. The third-order valence-corrected chi connectivity index (χ3v) is 5.14. The Morgan fingerprint density at radius 2 is 1.81 bits per heavy atom. The van der Waals surface area contributed by atoms with Crippen molar-refractivity contribution in [2.24, 2.45) is 7.05 Å². The van der Waals surface area contributed by atoms with E-state index in [0.717, 1.165) is 12.1 Å². The number of nitrogens with zero attached hydrogens (tertiary/aromatic N) is 5. The zero-order chi connectivity index (χ0) is 19.1. The molecule has 4 rings (SSSR count). The van der Waals surface area contributed by atoms with Gasteiger partial charge in [0.2, 0.25) is 10.5 Å². The van der Waals surface area contributed by atoms with Gasteiger partial charge in [0.1, 0.15) is 0 Å². The van der Waals surface area contributed by atoms with E-state index in [2.05, 4.69) is 41.2 Å². The Morgan fingerprint density at radius 3 is 2.56 bits per heavy atom. The first-order valence-corrected chi connectivity index (χ1v) is 9.18. The van der Waals surface area contributed by atoms with Crippen LogP contribution in [-0.2, 0) is 20.3 Å². The van der Waals surface area contributed by atoms with Crippen molar-refractivity contribution in [1.29, 1.82) is 0 Å². The van der Waals surface area contributed by atoms with Crippen LogP contribution in [0.5, 0.6) is 0 Å². The van der Waals surface area contributed by atoms with E-state index in [1.165, 1.54) is 11.1 Å². The van der Waals surface area contributed by atoms with Crippen LogP contribution in [0.15, 0.2) is 53.3 Å². The number of rotatable bonds is 4. The van der Waals surface area contributed by atoms with Crippen LogP contribution in [0.25, 0.3) is 16.7 Å². The van der Waals surface area contributed by atoms with Gasteiger partial charge in [-0.25, -0.2) is 4.68 Å². The number of para-hydroxylation sites is 1. The van der Waals surface area contributed by atoms with Crippen molar-refractivity contribution in [1.82, 2.24) is 23.6 Å². The SMILES string of the molecule is Cc1ccc(CN(C)Cn2nc3n(C)c(=O)c4ccccc4n3c2=S)cc1. The molecule has 2 heterocycles. The molecular weight excluding hydrogens is 358 g/mol. The summed E-state index contributed by atoms with van der Waals surface area (Å²) < 4.78 is 5.76. The highest BCUT2D eigenvalue weighted by molar-refractivity contribution is 7.71. The molecule has 27 heavy (non-hydrogen) atoms. The van der Waals surface area contributed by atoms with E-state index >= 15 is 0 Å². The van der Waals surface area contributed by atoms with E-state index in [1.54, 1.807) is 16.3 Å². The van der Waals surface area contributed by atoms with Crippen LogP contribution in [0, 0.1) is 11.7 Å². The molecule has 7 heteroatoms. The van der Waals surface area contributed by atoms with Crippen molar-refractivity contribution in [2.45, 2.75) is 20.1 Å². The lowest BCUT2D eigenvalue weighted by atomic mass is 10.1. The van der Waals surface area contributed by atoms with E-state index in [9.17, 15) is 4.79 Å². The molecule has 2 aromatic heterocycles. The number of aromatic nitrogens is 4. The normalized spacial score (nSPS) is 11.7. The van der Waals surface area contributed by atoms with Gasteiger partial charge in [-0.2, -0.15) is 0 Å². The second-order valence-corrected chi connectivity index (χ2v) is 7.31. The molecule has 0 fully saturated rings. The maximum Gasteiger partial charge on any atom is 0.262 e. The smallest absolute Gasteiger partial charge is 0.262 e. The Labute approximate surface area is 161 Å². The van der Waals surface area contributed by atoms with Gasteiger partial charge in [0.25, 0.3) is 5.56 Å². The predicted molar refractivity (Wildman–Crippen MR) is 109 cm³/mol. The Morgan fingerprint density at radius 1 is 1.11 bits per heavy atom. The maximum atomic E-state index is 12.6. The van der Waals surface area contributed by atoms with E-state index in [-0.39, 0.29) is 5.56 Å². The molecule has 0 amide bonds. The van der Waals surface area contributed by atoms with Gasteiger partial charge in [-0.3, -0.25) is 18.7 Å². The molecule has 0 spiro atoms. The first-order chi connectivity index (χ1) is 13.0. The number of aryl methyl sites for hydroxylation is 2. The predicted octanol–water partition coefficient (Wildman–Crippen LogP) is 3.12. The summed E-state index contributed by atoms with van der Waals surface area (Å²) >= 11 is 5.68. The quantitative estimate of drug-likeness (QED) is 0.511. The molecule has 0 bridgehead atoms. The maximum absolute atomic E-state index is 12.6. The molecule has 2 aromatic carbocycles. The van der Waals surface area contributed by atoms with Crippen LogP contribution in [0.2, 0.25) is 0 Å². The molecule has 4 aromatic rings. The Bertz CT molecular complexity index is 1250. The molecular formula is C20H21N5OS. The minimum Gasteiger partial charge on any atom is -0.283 e. The third kappa shape index (κ3) is 3.09. The monoisotopic (exact) mass is 379 g/mol. The van der Waals surface area contributed by atoms with Gasteiger partial charge in [0.15, 0.2) is 0 Å². The second kappa shape index (κ2) is 6.75. The van der Waals surface area contributed by atoms with Crippen molar-refractivity contribution in [2.75, 3.05) is 7.05 Å². The molecule has 0 unspecified atom stereocenters. The fraction of sp³-hybridized carbons (Fsp3) is 0.250. The summed E-state index contributed by atoms with van der Waals surface area (Å²) in [6.07, 6.45) is 0. The summed E-state index contributed by atoms with van der Waals surface area (Å²) in [5.41, 5.74) is 3.19. The minimum atomic E-state index is -0.0711. The molecule has 138 valence electrons. The van der Waals surface area contributed by atoms with Crippen molar-refractivity contribution >= 4 is 28.9 Å². The third-order valence-electron chi connectivity index (χ3n) is 4.75. The number of fused-ring (bicyclic) bond motifs is 3. The zero-order valence-corrected chi connectivity index (χ0v) is 16.4. The first kappa shape index (κ1) is 17.6. The van der Waals surface area contributed by atoms with Crippen molar-refractivity contribution in [3.63, 3.8) is 0 Å². The van der Waals surface area contributed by atoms with Crippen LogP contribution >= 0.6 is 12.2 Å². The largest absolute Gasteiger partial charge is 0.283 e. The molecule has 0 aliphatic heterocycles. The highest BCUT2D eigenvalue weighted by Crippen LogP contribution is 2.14. The lowest BCUT2D eigenvalue weighted by Gasteiger charge is -2.16. The molecule has 0 saturated carbocycles. The van der Waals surface area contributed by atoms with E-state index < -0.39 is 0 Å². The highest BCUT2D eigenvalue weighted by atomic mass is 32.1. The van der Waals surface area contributed by atoms with Crippen LogP contribution in [0.1, 0.15) is 11.1 Å². The van der Waals surface area contributed by atoms with Crippen LogP contribution in [0.4, 0.5) is 0 Å². The summed E-state index contributed by atoms with van der Waals surface area (Å²) in [4.78, 5) is 14.8. The first-order valence-electron chi connectivity index (χ1n) is 8.77. The molecule has 0 radical (unpaired) electrons. The highest BCUT2D eigenvalue weighted by Gasteiger charge is 2.14. The topological polar surface area (TPSA) is 47.5 Å². The van der Waals surface area contributed by atoms with Gasteiger partial charge in [0.05, 0.1) is 17.6 Å². The fourth-order valence-electron chi connectivity index (χ4n) is 3.32. The molecule has 0 N–H and O–H groups in total. The number of hydrogen-bond acceptors (Lipinski definition) is 4. The zero-order valence-electron chi connectivity index (χ0n) is 15.6. The second-order valence-electron chi connectivity index (χ2n) is 6.94. The lowest BCUT2D eigenvalue weighted by Crippen LogP contribution is -2.22. The standard InChI is InChI=1S/C20H21N5OS/c1-14-8-10-15(11-9-14)12-22(2)13-24-20(27)25-17-7-5-4-6-16(17)18(26)23(3)19(25)21-24/h4-11H,12-13H2,1-3H3. The van der Waals surface area contributed by atoms with Crippen molar-refractivity contribution in [3.8, 4) is 0 Å². The Kier molecular flexibility index (Phi) is 4.41. The number of benzene rings is 2. The summed E-state index contributed by atoms with van der Waals surface area (Å²) in [5.74, 6) is 0.549. The molecule has 0 saturated heterocycles. The van der Waals surface area contributed by atoms with Gasteiger partial charge in [-0.1, -0.05) is 42.0 Å². The van der Waals surface area contributed by atoms with Gasteiger partial charge in [-0.05, 0) is 43.9 Å². The van der Waals surface area contributed by atoms with Crippen molar-refractivity contribution < 1.29 is 0 Å². The number of hydrogen-bond donors (Lipinski definition) is 0. The fourth-order valence-corrected chi connectivity index (χ4v) is 3.60. The molecule has 0 aliphatic carbocycles. The summed E-state index contributed by atoms with van der Waals surface area (Å²) in [6, 6.07) is 16.0. The van der Waals surface area contributed by atoms with Crippen LogP contribution < -0.4 is 5.56 Å². The summed E-state index contributed by atoms with van der Waals surface area (Å²) in [5, 5.41) is 5.25. The average molecular weight is 379 g/mol. The summed E-state index contributed by atoms with van der Waals surface area (Å²) in [7, 11) is 3.76. The molecule has 6 nitrogen and oxygen atoms in total. The van der Waals surface area contributed by atoms with E-state index in [0.29, 0.717) is 22.6 Å². The van der Waals surface area contributed by atoms with Crippen LogP contribution in [-0.4, -0.2) is 30.7 Å². The van der Waals surface area contributed by atoms with Gasteiger partial charge >= 0.3 is 0 Å². The van der Waals surface area contributed by atoms with Crippen molar-refractivity contribution in [3.05, 3.63) is 74.8 Å². The van der Waals surface area contributed by atoms with Crippen LogP contribution in [0.3, 0.4) is 0 Å². The lowest BCUT2D eigenvalue weighted by molar-refractivity contribution is 0.244. The Hall–Kier alpha value is -2.77. The minimum absolute atomic E-state index is 0.0711. The molecule has 0 aliphatic rings. The molecule has 0 atom stereocenters. The average Bonchev–Trinajstić information content (AvgIpc) is 2.98. The van der Waals surface area contributed by atoms with Gasteiger partial charge in [0, 0.05) is 13.6 Å².